The van der Waals surface area contributed by atoms with Crippen LogP contribution in [-0.4, -0.2) is 60.9 Å². The topological polar surface area (TPSA) is 43.9 Å². The van der Waals surface area contributed by atoms with Crippen LogP contribution in [0.4, 0.5) is 5.69 Å². The van der Waals surface area contributed by atoms with Gasteiger partial charge in [0.25, 0.3) is 0 Å². The number of carbonyl (C=O) groups excluding carboxylic acids is 2. The summed E-state index contributed by atoms with van der Waals surface area (Å²) in [5.74, 6) is 0.286. The molecule has 0 bridgehead atoms. The standard InChI is InChI=1S/C20H29N3O2/c1-15-6-4-8-19(16(15)2)21-10-12-22(13-11-21)20(25)18-7-5-9-23(14-18)17(3)24/h4,6,8,18H,5,7,9-14H2,1-3H3/t18-/m0/s1. The van der Waals surface area contributed by atoms with Gasteiger partial charge in [0.1, 0.15) is 0 Å². The van der Waals surface area contributed by atoms with Crippen molar-refractivity contribution in [1.29, 1.82) is 0 Å². The lowest BCUT2D eigenvalue weighted by Crippen LogP contribution is -2.53. The third-order valence-corrected chi connectivity index (χ3v) is 5.72. The zero-order valence-electron chi connectivity index (χ0n) is 15.6. The Morgan fingerprint density at radius 1 is 1.00 bits per heavy atom. The first-order valence-electron chi connectivity index (χ1n) is 9.33. The van der Waals surface area contributed by atoms with Crippen molar-refractivity contribution < 1.29 is 9.59 Å². The highest BCUT2D eigenvalue weighted by Gasteiger charge is 2.31. The van der Waals surface area contributed by atoms with Crippen LogP contribution in [0.1, 0.15) is 30.9 Å². The molecule has 2 saturated heterocycles. The predicted octanol–water partition coefficient (Wildman–Crippen LogP) is 2.21. The number of piperazine rings is 1. The lowest BCUT2D eigenvalue weighted by molar-refractivity contribution is -0.140. The molecule has 5 heteroatoms. The van der Waals surface area contributed by atoms with Crippen molar-refractivity contribution >= 4 is 17.5 Å². The second-order valence-electron chi connectivity index (χ2n) is 7.34. The highest BCUT2D eigenvalue weighted by molar-refractivity contribution is 5.81. The van der Waals surface area contributed by atoms with Crippen molar-refractivity contribution in [2.75, 3.05) is 44.2 Å². The van der Waals surface area contributed by atoms with E-state index < -0.39 is 0 Å². The number of hydrogen-bond donors (Lipinski definition) is 0. The summed E-state index contributed by atoms with van der Waals surface area (Å²) < 4.78 is 0. The van der Waals surface area contributed by atoms with Gasteiger partial charge in [-0.3, -0.25) is 9.59 Å². The van der Waals surface area contributed by atoms with E-state index in [1.54, 1.807) is 6.92 Å². The van der Waals surface area contributed by atoms with Gasteiger partial charge < -0.3 is 14.7 Å². The van der Waals surface area contributed by atoms with E-state index in [1.165, 1.54) is 16.8 Å². The third kappa shape index (κ3) is 3.80. The first kappa shape index (κ1) is 17.8. The van der Waals surface area contributed by atoms with Gasteiger partial charge in [0, 0.05) is 51.9 Å². The molecule has 1 aromatic rings. The minimum Gasteiger partial charge on any atom is -0.368 e. The number of aryl methyl sites for hydroxylation is 1. The summed E-state index contributed by atoms with van der Waals surface area (Å²) >= 11 is 0. The molecule has 2 heterocycles. The number of benzene rings is 1. The number of carbonyl (C=O) groups is 2. The highest BCUT2D eigenvalue weighted by Crippen LogP contribution is 2.25. The monoisotopic (exact) mass is 343 g/mol. The van der Waals surface area contributed by atoms with E-state index in [9.17, 15) is 9.59 Å². The van der Waals surface area contributed by atoms with Gasteiger partial charge in [-0.15, -0.1) is 0 Å². The van der Waals surface area contributed by atoms with Crippen LogP contribution in [0, 0.1) is 19.8 Å². The molecular formula is C20H29N3O2. The Labute approximate surface area is 150 Å². The molecule has 25 heavy (non-hydrogen) atoms. The Morgan fingerprint density at radius 2 is 1.72 bits per heavy atom. The molecule has 0 unspecified atom stereocenters. The highest BCUT2D eigenvalue weighted by atomic mass is 16.2. The lowest BCUT2D eigenvalue weighted by Gasteiger charge is -2.40. The average Bonchev–Trinajstić information content (AvgIpc) is 2.63. The largest absolute Gasteiger partial charge is 0.368 e. The summed E-state index contributed by atoms with van der Waals surface area (Å²) in [7, 11) is 0. The molecule has 136 valence electrons. The number of hydrogen-bond acceptors (Lipinski definition) is 3. The number of rotatable bonds is 2. The molecule has 0 aliphatic carbocycles. The maximum atomic E-state index is 12.9. The molecule has 0 spiro atoms. The van der Waals surface area contributed by atoms with E-state index in [0.717, 1.165) is 45.6 Å². The summed E-state index contributed by atoms with van der Waals surface area (Å²) in [6.07, 6.45) is 1.83. The number of piperidine rings is 1. The van der Waals surface area contributed by atoms with Crippen LogP contribution in [0.3, 0.4) is 0 Å². The molecule has 2 amide bonds. The smallest absolute Gasteiger partial charge is 0.227 e. The van der Waals surface area contributed by atoms with Gasteiger partial charge in [-0.05, 0) is 43.9 Å². The van der Waals surface area contributed by atoms with Crippen LogP contribution in [0.2, 0.25) is 0 Å². The summed E-state index contributed by atoms with van der Waals surface area (Å²) in [6, 6.07) is 6.42. The third-order valence-electron chi connectivity index (χ3n) is 5.72. The Hall–Kier alpha value is -2.04. The summed E-state index contributed by atoms with van der Waals surface area (Å²) in [4.78, 5) is 30.6. The van der Waals surface area contributed by atoms with Crippen molar-refractivity contribution in [1.82, 2.24) is 9.80 Å². The predicted molar refractivity (Wildman–Crippen MR) is 99.7 cm³/mol. The van der Waals surface area contributed by atoms with Crippen molar-refractivity contribution in [2.45, 2.75) is 33.6 Å². The van der Waals surface area contributed by atoms with Gasteiger partial charge in [-0.1, -0.05) is 12.1 Å². The second-order valence-corrected chi connectivity index (χ2v) is 7.34. The summed E-state index contributed by atoms with van der Waals surface area (Å²) in [5, 5.41) is 0. The number of anilines is 1. The van der Waals surface area contributed by atoms with Gasteiger partial charge in [0.2, 0.25) is 11.8 Å². The van der Waals surface area contributed by atoms with Crippen molar-refractivity contribution in [3.05, 3.63) is 29.3 Å². The molecule has 2 aliphatic heterocycles. The Balaban J connectivity index is 1.59. The Bertz CT molecular complexity index is 650. The molecule has 3 rings (SSSR count). The average molecular weight is 343 g/mol. The van der Waals surface area contributed by atoms with Crippen LogP contribution in [-0.2, 0) is 9.59 Å². The fraction of sp³-hybridized carbons (Fsp3) is 0.600. The Morgan fingerprint density at radius 3 is 2.40 bits per heavy atom. The van der Waals surface area contributed by atoms with Gasteiger partial charge in [-0.2, -0.15) is 0 Å². The van der Waals surface area contributed by atoms with Crippen LogP contribution >= 0.6 is 0 Å². The molecule has 1 atom stereocenters. The van der Waals surface area contributed by atoms with E-state index in [4.69, 9.17) is 0 Å². The van der Waals surface area contributed by atoms with E-state index in [0.29, 0.717) is 6.54 Å². The number of nitrogens with zero attached hydrogens (tertiary/aromatic N) is 3. The number of likely N-dealkylation sites (tertiary alicyclic amines) is 1. The molecule has 2 fully saturated rings. The van der Waals surface area contributed by atoms with Crippen molar-refractivity contribution in [3.63, 3.8) is 0 Å². The van der Waals surface area contributed by atoms with Crippen LogP contribution in [0.15, 0.2) is 18.2 Å². The van der Waals surface area contributed by atoms with E-state index in [1.807, 2.05) is 9.80 Å². The van der Waals surface area contributed by atoms with E-state index in [-0.39, 0.29) is 17.7 Å². The molecule has 5 nitrogen and oxygen atoms in total. The first-order valence-corrected chi connectivity index (χ1v) is 9.33. The second kappa shape index (κ2) is 7.46. The molecule has 0 N–H and O–H groups in total. The van der Waals surface area contributed by atoms with E-state index >= 15 is 0 Å². The summed E-state index contributed by atoms with van der Waals surface area (Å²) in [5.41, 5.74) is 3.92. The van der Waals surface area contributed by atoms with Crippen LogP contribution in [0.5, 0.6) is 0 Å². The van der Waals surface area contributed by atoms with Gasteiger partial charge >= 0.3 is 0 Å². The maximum Gasteiger partial charge on any atom is 0.227 e. The van der Waals surface area contributed by atoms with Gasteiger partial charge in [0.15, 0.2) is 0 Å². The molecule has 0 saturated carbocycles. The zero-order valence-corrected chi connectivity index (χ0v) is 15.6. The van der Waals surface area contributed by atoms with Gasteiger partial charge in [0.05, 0.1) is 5.92 Å². The number of amides is 2. The Kier molecular flexibility index (Phi) is 5.30. The molecular weight excluding hydrogens is 314 g/mol. The van der Waals surface area contributed by atoms with Crippen molar-refractivity contribution in [3.8, 4) is 0 Å². The van der Waals surface area contributed by atoms with Gasteiger partial charge in [-0.25, -0.2) is 0 Å². The fourth-order valence-corrected chi connectivity index (χ4v) is 3.97. The van der Waals surface area contributed by atoms with Crippen molar-refractivity contribution in [2.24, 2.45) is 5.92 Å². The quantitative estimate of drug-likeness (QED) is 0.827. The van der Waals surface area contributed by atoms with Crippen LogP contribution in [0.25, 0.3) is 0 Å². The SMILES string of the molecule is CC(=O)N1CCC[C@H](C(=O)N2CCN(c3cccc(C)c3C)CC2)C1. The molecule has 2 aliphatic rings. The lowest BCUT2D eigenvalue weighted by atomic mass is 9.96. The minimum atomic E-state index is -0.0232. The minimum absolute atomic E-state index is 0.0232. The molecule has 0 radical (unpaired) electrons. The summed E-state index contributed by atoms with van der Waals surface area (Å²) in [6.45, 7) is 10.6. The molecule has 0 aromatic heterocycles. The van der Waals surface area contributed by atoms with Crippen LogP contribution < -0.4 is 4.90 Å². The molecule has 1 aromatic carbocycles. The van der Waals surface area contributed by atoms with E-state index in [2.05, 4.69) is 36.9 Å². The first-order chi connectivity index (χ1) is 12.0. The fourth-order valence-electron chi connectivity index (χ4n) is 3.97. The normalized spacial score (nSPS) is 21.4. The zero-order chi connectivity index (χ0) is 18.0. The maximum absolute atomic E-state index is 12.9.